The molecular weight excluding hydrogens is 294 g/mol. The lowest BCUT2D eigenvalue weighted by molar-refractivity contribution is -0.384. The average Bonchev–Trinajstić information content (AvgIpc) is 2.80. The number of nitro groups is 1. The molecule has 2 rings (SSSR count). The van der Waals surface area contributed by atoms with Gasteiger partial charge in [-0.15, -0.1) is 10.2 Å². The molecule has 0 saturated heterocycles. The van der Waals surface area contributed by atoms with E-state index in [1.54, 1.807) is 0 Å². The number of nitrogens with one attached hydrogen (secondary N) is 2. The van der Waals surface area contributed by atoms with Crippen LogP contribution in [0.2, 0.25) is 0 Å². The second kappa shape index (κ2) is 4.82. The number of H-pyrrole nitrogens is 1. The van der Waals surface area contributed by atoms with Gasteiger partial charge in [0.1, 0.15) is 0 Å². The first-order valence-corrected chi connectivity index (χ1v) is 5.22. The fraction of sp³-hybridized carbons (Fsp3) is 0.143. The first kappa shape index (κ1) is 11.4. The first-order chi connectivity index (χ1) is 8.16. The lowest BCUT2D eigenvalue weighted by Crippen LogP contribution is -2.06. The van der Waals surface area contributed by atoms with Crippen LogP contribution in [-0.4, -0.2) is 30.5 Å². The van der Waals surface area contributed by atoms with E-state index in [1.807, 2.05) is 0 Å². The molecule has 0 atom stereocenters. The molecule has 0 radical (unpaired) electrons. The van der Waals surface area contributed by atoms with E-state index in [0.717, 1.165) is 0 Å². The van der Waals surface area contributed by atoms with E-state index < -0.39 is 4.92 Å². The molecule has 10 heteroatoms. The number of pyridine rings is 1. The molecule has 2 aromatic rings. The van der Waals surface area contributed by atoms with Crippen molar-refractivity contribution in [3.63, 3.8) is 0 Å². The summed E-state index contributed by atoms with van der Waals surface area (Å²) in [6.07, 6.45) is 1.46. The molecule has 0 aromatic carbocycles. The van der Waals surface area contributed by atoms with Crippen molar-refractivity contribution in [2.24, 2.45) is 0 Å². The van der Waals surface area contributed by atoms with Gasteiger partial charge in [0, 0.05) is 16.7 Å². The number of halogens is 1. The van der Waals surface area contributed by atoms with E-state index in [0.29, 0.717) is 10.3 Å². The molecule has 0 bridgehead atoms. The minimum absolute atomic E-state index is 0.122. The molecule has 0 unspecified atom stereocenters. The third-order valence-corrected chi connectivity index (χ3v) is 2.27. The number of hydrogen-bond acceptors (Lipinski definition) is 7. The summed E-state index contributed by atoms with van der Waals surface area (Å²) in [5.74, 6) is 0.548. The van der Waals surface area contributed by atoms with E-state index in [9.17, 15) is 10.1 Å². The number of rotatable bonds is 4. The maximum absolute atomic E-state index is 10.8. The van der Waals surface area contributed by atoms with Crippen LogP contribution in [-0.2, 0) is 6.54 Å². The maximum Gasteiger partial charge on any atom is 0.312 e. The van der Waals surface area contributed by atoms with Gasteiger partial charge in [0.25, 0.3) is 0 Å². The zero-order valence-corrected chi connectivity index (χ0v) is 9.88. The van der Waals surface area contributed by atoms with E-state index in [2.05, 4.69) is 46.9 Å². The smallest absolute Gasteiger partial charge is 0.312 e. The van der Waals surface area contributed by atoms with E-state index in [1.165, 1.54) is 12.3 Å². The molecule has 0 spiro atoms. The van der Waals surface area contributed by atoms with Gasteiger partial charge in [-0.1, -0.05) is 5.21 Å². The minimum Gasteiger partial charge on any atom is -0.357 e. The zero-order chi connectivity index (χ0) is 12.3. The van der Waals surface area contributed by atoms with Crippen LogP contribution in [0, 0.1) is 10.1 Å². The van der Waals surface area contributed by atoms with E-state index >= 15 is 0 Å². The summed E-state index contributed by atoms with van der Waals surface area (Å²) in [6, 6.07) is 1.37. The van der Waals surface area contributed by atoms with E-state index in [4.69, 9.17) is 0 Å². The second-order valence-corrected chi connectivity index (χ2v) is 3.88. The Morgan fingerprint density at radius 3 is 3.06 bits per heavy atom. The number of anilines is 1. The molecule has 0 aliphatic carbocycles. The predicted octanol–water partition coefficient (Wildman–Crippen LogP) is 0.877. The number of tetrazole rings is 1. The summed E-state index contributed by atoms with van der Waals surface area (Å²) in [5.41, 5.74) is -0.122. The molecule has 2 N–H and O–H groups in total. The van der Waals surface area contributed by atoms with Gasteiger partial charge in [0.2, 0.25) is 5.82 Å². The third-order valence-electron chi connectivity index (χ3n) is 1.83. The van der Waals surface area contributed by atoms with Crippen LogP contribution in [0.5, 0.6) is 0 Å². The minimum atomic E-state index is -0.518. The molecule has 0 fully saturated rings. The van der Waals surface area contributed by atoms with Crippen molar-refractivity contribution < 1.29 is 4.92 Å². The Kier molecular flexibility index (Phi) is 3.23. The maximum atomic E-state index is 10.8. The molecule has 0 aliphatic rings. The van der Waals surface area contributed by atoms with Crippen molar-refractivity contribution in [3.05, 3.63) is 32.7 Å². The number of aromatic amines is 1. The summed E-state index contributed by atoms with van der Waals surface area (Å²) >= 11 is 3.12. The Morgan fingerprint density at radius 2 is 2.41 bits per heavy atom. The second-order valence-electron chi connectivity index (χ2n) is 2.96. The molecule has 9 nitrogen and oxygen atoms in total. The lowest BCUT2D eigenvalue weighted by Gasteiger charge is -2.03. The van der Waals surface area contributed by atoms with E-state index in [-0.39, 0.29) is 18.1 Å². The SMILES string of the molecule is O=[N+]([O-])c1cc(Br)cnc1NCc1nn[nH]n1. The molecule has 17 heavy (non-hydrogen) atoms. The van der Waals surface area contributed by atoms with Gasteiger partial charge in [-0.25, -0.2) is 4.98 Å². The van der Waals surface area contributed by atoms with Crippen molar-refractivity contribution in [1.29, 1.82) is 0 Å². The largest absolute Gasteiger partial charge is 0.357 e. The highest BCUT2D eigenvalue weighted by Gasteiger charge is 2.15. The number of nitrogens with zero attached hydrogens (tertiary/aromatic N) is 5. The summed E-state index contributed by atoms with van der Waals surface area (Å²) in [6.45, 7) is 0.200. The molecule has 88 valence electrons. The molecular formula is C7H6BrN7O2. The molecule has 2 heterocycles. The van der Waals surface area contributed by atoms with Gasteiger partial charge in [0.05, 0.1) is 11.5 Å². The fourth-order valence-corrected chi connectivity index (χ4v) is 1.44. The summed E-state index contributed by atoms with van der Waals surface area (Å²) in [7, 11) is 0. The van der Waals surface area contributed by atoms with Gasteiger partial charge in [-0.05, 0) is 15.9 Å². The highest BCUT2D eigenvalue weighted by Crippen LogP contribution is 2.25. The summed E-state index contributed by atoms with van der Waals surface area (Å²) in [4.78, 5) is 14.2. The van der Waals surface area contributed by atoms with Crippen LogP contribution >= 0.6 is 15.9 Å². The quantitative estimate of drug-likeness (QED) is 0.634. The van der Waals surface area contributed by atoms with Crippen molar-refractivity contribution in [3.8, 4) is 0 Å². The van der Waals surface area contributed by atoms with Gasteiger partial charge >= 0.3 is 5.69 Å². The van der Waals surface area contributed by atoms with Crippen LogP contribution < -0.4 is 5.32 Å². The molecule has 0 aliphatic heterocycles. The van der Waals surface area contributed by atoms with Crippen molar-refractivity contribution in [1.82, 2.24) is 25.6 Å². The van der Waals surface area contributed by atoms with Gasteiger partial charge in [-0.2, -0.15) is 5.21 Å². The normalized spacial score (nSPS) is 10.2. The van der Waals surface area contributed by atoms with Crippen LogP contribution in [0.1, 0.15) is 5.82 Å². The topological polar surface area (TPSA) is 123 Å². The summed E-state index contributed by atoms with van der Waals surface area (Å²) < 4.78 is 0.536. The Labute approximate surface area is 103 Å². The van der Waals surface area contributed by atoms with Gasteiger partial charge in [0.15, 0.2) is 5.82 Å². The molecule has 0 saturated carbocycles. The Hall–Kier alpha value is -2.10. The van der Waals surface area contributed by atoms with Gasteiger partial charge in [-0.3, -0.25) is 10.1 Å². The summed E-state index contributed by atoms with van der Waals surface area (Å²) in [5, 5.41) is 26.6. The Bertz CT molecular complexity index is 529. The lowest BCUT2D eigenvalue weighted by atomic mass is 10.4. The van der Waals surface area contributed by atoms with Crippen molar-refractivity contribution in [2.45, 2.75) is 6.54 Å². The standard InChI is InChI=1S/C7H6BrN7O2/c8-4-1-5(15(16)17)7(9-2-4)10-3-6-11-13-14-12-6/h1-2H,3H2,(H,9,10)(H,11,12,13,14). The average molecular weight is 300 g/mol. The van der Waals surface area contributed by atoms with Crippen molar-refractivity contribution in [2.75, 3.05) is 5.32 Å². The molecule has 0 amide bonds. The highest BCUT2D eigenvalue weighted by molar-refractivity contribution is 9.10. The number of aromatic nitrogens is 5. The first-order valence-electron chi connectivity index (χ1n) is 4.43. The van der Waals surface area contributed by atoms with Crippen LogP contribution in [0.25, 0.3) is 0 Å². The zero-order valence-electron chi connectivity index (χ0n) is 8.29. The number of hydrogen-bond donors (Lipinski definition) is 2. The predicted molar refractivity (Wildman–Crippen MR) is 60.1 cm³/mol. The molecule has 2 aromatic heterocycles. The fourth-order valence-electron chi connectivity index (χ4n) is 1.12. The Balaban J connectivity index is 2.17. The van der Waals surface area contributed by atoms with Gasteiger partial charge < -0.3 is 5.32 Å². The van der Waals surface area contributed by atoms with Crippen LogP contribution in [0.4, 0.5) is 11.5 Å². The van der Waals surface area contributed by atoms with Crippen LogP contribution in [0.3, 0.4) is 0 Å². The van der Waals surface area contributed by atoms with Crippen LogP contribution in [0.15, 0.2) is 16.7 Å². The Morgan fingerprint density at radius 1 is 1.59 bits per heavy atom. The highest BCUT2D eigenvalue weighted by atomic mass is 79.9. The third kappa shape index (κ3) is 2.72. The van der Waals surface area contributed by atoms with Crippen molar-refractivity contribution >= 4 is 27.4 Å². The monoisotopic (exact) mass is 299 g/mol.